The Balaban J connectivity index is 2.19. The molecule has 1 aromatic heterocycles. The summed E-state index contributed by atoms with van der Waals surface area (Å²) in [6, 6.07) is 11.4. The van der Waals surface area contributed by atoms with Crippen molar-refractivity contribution < 1.29 is 0 Å². The number of hydrogen-bond acceptors (Lipinski definition) is 2. The lowest BCUT2D eigenvalue weighted by molar-refractivity contribution is 1.33. The number of H-pyrrole nitrogens is 1. The lowest BCUT2D eigenvalue weighted by Gasteiger charge is -1.95. The maximum Gasteiger partial charge on any atom is 0.138 e. The van der Waals surface area contributed by atoms with E-state index in [4.69, 9.17) is 17.3 Å². The number of nitrogens with zero attached hydrogens (tertiary/aromatic N) is 1. The van der Waals surface area contributed by atoms with Gasteiger partial charge in [-0.3, -0.25) is 0 Å². The van der Waals surface area contributed by atoms with Crippen LogP contribution in [-0.4, -0.2) is 9.97 Å². The average Bonchev–Trinajstić information content (AvgIpc) is 2.74. The fourth-order valence-electron chi connectivity index (χ4n) is 1.85. The molecular formula is C13H9BrClN3. The van der Waals surface area contributed by atoms with Crippen LogP contribution in [0.5, 0.6) is 0 Å². The molecule has 0 aliphatic carbocycles. The van der Waals surface area contributed by atoms with Crippen LogP contribution in [0.2, 0.25) is 5.02 Å². The van der Waals surface area contributed by atoms with E-state index in [0.29, 0.717) is 10.7 Å². The van der Waals surface area contributed by atoms with E-state index in [0.717, 1.165) is 26.9 Å². The number of imidazole rings is 1. The molecule has 0 fully saturated rings. The largest absolute Gasteiger partial charge is 0.397 e. The van der Waals surface area contributed by atoms with E-state index in [-0.39, 0.29) is 0 Å². The molecule has 0 bridgehead atoms. The van der Waals surface area contributed by atoms with Crippen LogP contribution < -0.4 is 5.73 Å². The summed E-state index contributed by atoms with van der Waals surface area (Å²) < 4.78 is 1.03. The Morgan fingerprint density at radius 2 is 1.89 bits per heavy atom. The Morgan fingerprint density at radius 1 is 1.17 bits per heavy atom. The average molecular weight is 323 g/mol. The van der Waals surface area contributed by atoms with Crippen molar-refractivity contribution in [2.45, 2.75) is 0 Å². The maximum absolute atomic E-state index is 5.97. The number of nitrogens with two attached hydrogens (primary N) is 1. The van der Waals surface area contributed by atoms with E-state index in [9.17, 15) is 0 Å². The second-order valence-electron chi connectivity index (χ2n) is 3.98. The number of nitrogen functional groups attached to an aromatic ring is 1. The topological polar surface area (TPSA) is 54.7 Å². The van der Waals surface area contributed by atoms with Crippen LogP contribution in [0, 0.1) is 0 Å². The summed E-state index contributed by atoms with van der Waals surface area (Å²) in [5, 5.41) is 0.603. The smallest absolute Gasteiger partial charge is 0.138 e. The highest BCUT2D eigenvalue weighted by molar-refractivity contribution is 9.10. The standard InChI is InChI=1S/C13H9BrClN3/c14-8-3-1-7(2-4-8)13-17-11-6-9(15)5-10(16)12(11)18-13/h1-6H,16H2,(H,17,18). The van der Waals surface area contributed by atoms with Crippen LogP contribution >= 0.6 is 27.5 Å². The monoisotopic (exact) mass is 321 g/mol. The summed E-state index contributed by atoms with van der Waals surface area (Å²) in [5.74, 6) is 0.784. The normalized spacial score (nSPS) is 11.0. The van der Waals surface area contributed by atoms with Crippen LogP contribution in [0.25, 0.3) is 22.4 Å². The van der Waals surface area contributed by atoms with Gasteiger partial charge in [0.1, 0.15) is 11.3 Å². The van der Waals surface area contributed by atoms with Gasteiger partial charge < -0.3 is 10.7 Å². The number of aromatic nitrogens is 2. The molecule has 0 aliphatic heterocycles. The summed E-state index contributed by atoms with van der Waals surface area (Å²) in [6.07, 6.45) is 0. The minimum atomic E-state index is 0.581. The predicted octanol–water partition coefficient (Wildman–Crippen LogP) is 4.23. The van der Waals surface area contributed by atoms with Crippen molar-refractivity contribution in [3.63, 3.8) is 0 Å². The van der Waals surface area contributed by atoms with Crippen molar-refractivity contribution in [1.29, 1.82) is 0 Å². The first-order valence-electron chi connectivity index (χ1n) is 5.34. The van der Waals surface area contributed by atoms with Crippen molar-refractivity contribution >= 4 is 44.3 Å². The number of fused-ring (bicyclic) bond motifs is 1. The van der Waals surface area contributed by atoms with Gasteiger partial charge in [0.2, 0.25) is 0 Å². The van der Waals surface area contributed by atoms with Gasteiger partial charge >= 0.3 is 0 Å². The molecule has 0 unspecified atom stereocenters. The Morgan fingerprint density at radius 3 is 2.61 bits per heavy atom. The van der Waals surface area contributed by atoms with E-state index in [1.807, 2.05) is 30.3 Å². The van der Waals surface area contributed by atoms with Crippen molar-refractivity contribution in [3.8, 4) is 11.4 Å². The lowest BCUT2D eigenvalue weighted by atomic mass is 10.2. The number of aromatic amines is 1. The Hall–Kier alpha value is -1.52. The molecule has 0 amide bonds. The first-order valence-corrected chi connectivity index (χ1v) is 6.51. The lowest BCUT2D eigenvalue weighted by Crippen LogP contribution is -1.86. The van der Waals surface area contributed by atoms with Crippen LogP contribution in [0.3, 0.4) is 0 Å². The van der Waals surface area contributed by atoms with E-state index in [2.05, 4.69) is 25.9 Å². The molecule has 3 nitrogen and oxygen atoms in total. The van der Waals surface area contributed by atoms with Crippen molar-refractivity contribution in [2.75, 3.05) is 5.73 Å². The van der Waals surface area contributed by atoms with Crippen molar-refractivity contribution in [1.82, 2.24) is 9.97 Å². The van der Waals surface area contributed by atoms with Gasteiger partial charge in [0.25, 0.3) is 0 Å². The SMILES string of the molecule is Nc1cc(Cl)cc2[nH]c(-c3ccc(Br)cc3)nc12. The third-order valence-electron chi connectivity index (χ3n) is 2.70. The second kappa shape index (κ2) is 4.30. The highest BCUT2D eigenvalue weighted by Gasteiger charge is 2.08. The minimum absolute atomic E-state index is 0.581. The van der Waals surface area contributed by atoms with Crippen LogP contribution in [0.1, 0.15) is 0 Å². The molecule has 1 heterocycles. The molecule has 0 saturated heterocycles. The Labute approximate surface area is 117 Å². The van der Waals surface area contributed by atoms with E-state index in [1.165, 1.54) is 0 Å². The first kappa shape index (κ1) is 11.6. The van der Waals surface area contributed by atoms with Crippen LogP contribution in [-0.2, 0) is 0 Å². The van der Waals surface area contributed by atoms with Gasteiger partial charge in [-0.15, -0.1) is 0 Å². The van der Waals surface area contributed by atoms with E-state index < -0.39 is 0 Å². The molecule has 0 spiro atoms. The first-order chi connectivity index (χ1) is 8.63. The molecule has 3 aromatic rings. The fraction of sp³-hybridized carbons (Fsp3) is 0. The third-order valence-corrected chi connectivity index (χ3v) is 3.45. The number of anilines is 1. The number of benzene rings is 2. The molecule has 90 valence electrons. The molecule has 3 N–H and O–H groups in total. The van der Waals surface area contributed by atoms with Gasteiger partial charge in [-0.1, -0.05) is 39.7 Å². The van der Waals surface area contributed by atoms with Gasteiger partial charge in [0, 0.05) is 15.1 Å². The van der Waals surface area contributed by atoms with E-state index >= 15 is 0 Å². The maximum atomic E-state index is 5.97. The molecule has 3 rings (SSSR count). The van der Waals surface area contributed by atoms with E-state index in [1.54, 1.807) is 6.07 Å². The zero-order chi connectivity index (χ0) is 12.7. The second-order valence-corrected chi connectivity index (χ2v) is 5.34. The zero-order valence-corrected chi connectivity index (χ0v) is 11.6. The van der Waals surface area contributed by atoms with Gasteiger partial charge in [0.15, 0.2) is 0 Å². The van der Waals surface area contributed by atoms with Gasteiger partial charge in [-0.25, -0.2) is 4.98 Å². The summed E-state index contributed by atoms with van der Waals surface area (Å²) >= 11 is 9.37. The predicted molar refractivity (Wildman–Crippen MR) is 78.7 cm³/mol. The Kier molecular flexibility index (Phi) is 2.76. The fourth-order valence-corrected chi connectivity index (χ4v) is 2.34. The molecule has 0 atom stereocenters. The Bertz CT molecular complexity index is 719. The van der Waals surface area contributed by atoms with Crippen LogP contribution in [0.15, 0.2) is 40.9 Å². The van der Waals surface area contributed by atoms with Crippen molar-refractivity contribution in [3.05, 3.63) is 45.9 Å². The molecule has 0 saturated carbocycles. The molecule has 2 aromatic carbocycles. The van der Waals surface area contributed by atoms with Gasteiger partial charge in [-0.05, 0) is 24.3 Å². The van der Waals surface area contributed by atoms with Gasteiger partial charge in [-0.2, -0.15) is 0 Å². The summed E-state index contributed by atoms with van der Waals surface area (Å²) in [6.45, 7) is 0. The zero-order valence-electron chi connectivity index (χ0n) is 9.24. The van der Waals surface area contributed by atoms with Gasteiger partial charge in [0.05, 0.1) is 11.2 Å². The summed E-state index contributed by atoms with van der Waals surface area (Å²) in [7, 11) is 0. The number of rotatable bonds is 1. The molecular weight excluding hydrogens is 314 g/mol. The molecule has 0 aliphatic rings. The van der Waals surface area contributed by atoms with Crippen molar-refractivity contribution in [2.24, 2.45) is 0 Å². The highest BCUT2D eigenvalue weighted by Crippen LogP contribution is 2.27. The molecule has 0 radical (unpaired) electrons. The summed E-state index contributed by atoms with van der Waals surface area (Å²) in [4.78, 5) is 7.72. The quantitative estimate of drug-likeness (QED) is 0.659. The minimum Gasteiger partial charge on any atom is -0.397 e. The molecule has 18 heavy (non-hydrogen) atoms. The third kappa shape index (κ3) is 1.98. The molecule has 5 heteroatoms. The number of hydrogen-bond donors (Lipinski definition) is 2. The highest BCUT2D eigenvalue weighted by atomic mass is 79.9. The van der Waals surface area contributed by atoms with Crippen LogP contribution in [0.4, 0.5) is 5.69 Å². The summed E-state index contributed by atoms with van der Waals surface area (Å²) in [5.41, 5.74) is 9.08. The number of halogens is 2. The number of nitrogens with one attached hydrogen (secondary N) is 1.